The fourth-order valence-electron chi connectivity index (χ4n) is 2.21. The molecule has 2 heterocycles. The Labute approximate surface area is 127 Å². The molecule has 21 heavy (non-hydrogen) atoms. The van der Waals surface area contributed by atoms with Crippen molar-refractivity contribution in [1.82, 2.24) is 14.8 Å². The second kappa shape index (κ2) is 5.48. The molecule has 3 rings (SSSR count). The molecule has 1 aliphatic carbocycles. The number of ether oxygens (including phenoxy) is 1. The number of carbonyl (C=O) groups is 1. The van der Waals surface area contributed by atoms with Crippen molar-refractivity contribution in [2.75, 3.05) is 5.32 Å². The largest absolute Gasteiger partial charge is 0.472 e. The van der Waals surface area contributed by atoms with Gasteiger partial charge in [0.25, 0.3) is 11.8 Å². The summed E-state index contributed by atoms with van der Waals surface area (Å²) in [5.74, 6) is 0.332. The molecular weight excluding hydrogens is 288 g/mol. The first-order valence-corrected chi connectivity index (χ1v) is 7.80. The molecule has 1 aliphatic rings. The number of hydrogen-bond acceptors (Lipinski definition) is 5. The summed E-state index contributed by atoms with van der Waals surface area (Å²) in [4.78, 5) is 17.3. The van der Waals surface area contributed by atoms with Crippen molar-refractivity contribution in [3.63, 3.8) is 0 Å². The van der Waals surface area contributed by atoms with Crippen molar-refractivity contribution in [3.8, 4) is 5.88 Å². The maximum absolute atomic E-state index is 12.3. The van der Waals surface area contributed by atoms with Gasteiger partial charge in [0.2, 0.25) is 0 Å². The second-order valence-corrected chi connectivity index (χ2v) is 6.50. The first kappa shape index (κ1) is 14.1. The number of nitrogens with zero attached hydrogens (tertiary/aromatic N) is 3. The summed E-state index contributed by atoms with van der Waals surface area (Å²) in [6.07, 6.45) is 5.28. The number of carbonyl (C=O) groups excluding carboxylic acids is 1. The highest BCUT2D eigenvalue weighted by Crippen LogP contribution is 2.30. The van der Waals surface area contributed by atoms with Crippen LogP contribution in [-0.2, 0) is 7.05 Å². The van der Waals surface area contributed by atoms with Crippen molar-refractivity contribution in [1.29, 1.82) is 0 Å². The van der Waals surface area contributed by atoms with Gasteiger partial charge in [-0.3, -0.25) is 9.48 Å². The van der Waals surface area contributed by atoms with Crippen LogP contribution in [0.5, 0.6) is 5.88 Å². The fraction of sp³-hybridized carbons (Fsp3) is 0.500. The molecule has 0 unspecified atom stereocenters. The maximum Gasteiger partial charge on any atom is 0.267 e. The van der Waals surface area contributed by atoms with Gasteiger partial charge < -0.3 is 10.1 Å². The highest BCUT2D eigenvalue weighted by Gasteiger charge is 2.23. The molecule has 112 valence electrons. The zero-order valence-electron chi connectivity index (χ0n) is 12.3. The Kier molecular flexibility index (Phi) is 3.67. The summed E-state index contributed by atoms with van der Waals surface area (Å²) in [5.41, 5.74) is 1.36. The molecule has 2 aromatic heterocycles. The lowest BCUT2D eigenvalue weighted by Crippen LogP contribution is -2.25. The van der Waals surface area contributed by atoms with Crippen molar-refractivity contribution in [3.05, 3.63) is 21.8 Å². The quantitative estimate of drug-likeness (QED) is 0.943. The van der Waals surface area contributed by atoms with E-state index >= 15 is 0 Å². The summed E-state index contributed by atoms with van der Waals surface area (Å²) in [6, 6.07) is 0. The van der Waals surface area contributed by atoms with Gasteiger partial charge in [-0.2, -0.15) is 0 Å². The molecule has 1 N–H and O–H groups in total. The molecule has 0 atom stereocenters. The van der Waals surface area contributed by atoms with Crippen molar-refractivity contribution >= 4 is 22.9 Å². The first-order chi connectivity index (χ1) is 10.0. The Morgan fingerprint density at radius 3 is 2.81 bits per heavy atom. The number of anilines is 1. The van der Waals surface area contributed by atoms with Crippen molar-refractivity contribution < 1.29 is 9.53 Å². The third kappa shape index (κ3) is 2.92. The van der Waals surface area contributed by atoms with E-state index in [1.807, 2.05) is 20.9 Å². The second-order valence-electron chi connectivity index (χ2n) is 5.29. The molecule has 1 saturated carbocycles. The van der Waals surface area contributed by atoms with Gasteiger partial charge in [-0.05, 0) is 33.1 Å². The van der Waals surface area contributed by atoms with Crippen LogP contribution >= 0.6 is 11.3 Å². The number of hydrogen-bond donors (Lipinski definition) is 1. The molecule has 7 heteroatoms. The number of aromatic nitrogens is 3. The van der Waals surface area contributed by atoms with E-state index in [0.29, 0.717) is 16.4 Å². The highest BCUT2D eigenvalue weighted by molar-refractivity contribution is 7.13. The fourth-order valence-corrected chi connectivity index (χ4v) is 3.02. The van der Waals surface area contributed by atoms with E-state index in [-0.39, 0.29) is 12.0 Å². The molecule has 1 amide bonds. The van der Waals surface area contributed by atoms with Gasteiger partial charge in [0.05, 0.1) is 16.9 Å². The van der Waals surface area contributed by atoms with E-state index in [2.05, 4.69) is 15.4 Å². The van der Waals surface area contributed by atoms with E-state index in [1.54, 1.807) is 10.9 Å². The molecule has 0 spiro atoms. The van der Waals surface area contributed by atoms with Crippen LogP contribution in [0.3, 0.4) is 0 Å². The molecule has 6 nitrogen and oxygen atoms in total. The predicted molar refractivity (Wildman–Crippen MR) is 81.0 cm³/mol. The van der Waals surface area contributed by atoms with Gasteiger partial charge in [-0.25, -0.2) is 4.98 Å². The normalized spacial score (nSPS) is 14.8. The molecule has 2 aromatic rings. The van der Waals surface area contributed by atoms with E-state index in [4.69, 9.17) is 4.74 Å². The summed E-state index contributed by atoms with van der Waals surface area (Å²) in [5, 5.41) is 8.04. The van der Waals surface area contributed by atoms with Gasteiger partial charge in [0.1, 0.15) is 16.7 Å². The zero-order valence-corrected chi connectivity index (χ0v) is 13.2. The molecule has 0 radical (unpaired) electrons. The van der Waals surface area contributed by atoms with Crippen LogP contribution in [0.2, 0.25) is 0 Å². The molecule has 1 fully saturated rings. The standard InChI is InChI=1S/C14H18N4O2S/c1-8-12(21-9(2)15-8)13(19)16-11-7-18(3)17-14(11)20-10-5-4-6-10/h7,10H,4-6H2,1-3H3,(H,16,19). The summed E-state index contributed by atoms with van der Waals surface area (Å²) < 4.78 is 7.46. The van der Waals surface area contributed by atoms with Gasteiger partial charge in [0.15, 0.2) is 0 Å². The number of thiazole rings is 1. The van der Waals surface area contributed by atoms with Crippen LogP contribution in [0.4, 0.5) is 5.69 Å². The summed E-state index contributed by atoms with van der Waals surface area (Å²) >= 11 is 1.39. The monoisotopic (exact) mass is 306 g/mol. The van der Waals surface area contributed by atoms with Crippen molar-refractivity contribution in [2.24, 2.45) is 7.05 Å². The van der Waals surface area contributed by atoms with Gasteiger partial charge in [0, 0.05) is 7.05 Å². The van der Waals surface area contributed by atoms with Crippen LogP contribution in [0.1, 0.15) is 39.6 Å². The highest BCUT2D eigenvalue weighted by atomic mass is 32.1. The smallest absolute Gasteiger partial charge is 0.267 e. The Bertz CT molecular complexity index is 673. The van der Waals surface area contributed by atoms with Crippen LogP contribution < -0.4 is 10.1 Å². The summed E-state index contributed by atoms with van der Waals surface area (Å²) in [7, 11) is 1.81. The van der Waals surface area contributed by atoms with E-state index < -0.39 is 0 Å². The molecule has 0 aromatic carbocycles. The molecule has 0 saturated heterocycles. The Morgan fingerprint density at radius 1 is 1.48 bits per heavy atom. The number of aryl methyl sites for hydroxylation is 3. The van der Waals surface area contributed by atoms with E-state index in [0.717, 1.165) is 23.5 Å². The van der Waals surface area contributed by atoms with Crippen LogP contribution in [0.25, 0.3) is 0 Å². The predicted octanol–water partition coefficient (Wildman–Crippen LogP) is 2.68. The first-order valence-electron chi connectivity index (χ1n) is 6.98. The minimum absolute atomic E-state index is 0.162. The molecule has 0 aliphatic heterocycles. The lowest BCUT2D eigenvalue weighted by atomic mass is 9.96. The summed E-state index contributed by atoms with van der Waals surface area (Å²) in [6.45, 7) is 3.73. The maximum atomic E-state index is 12.3. The lowest BCUT2D eigenvalue weighted by Gasteiger charge is -2.25. The van der Waals surface area contributed by atoms with Crippen LogP contribution in [0.15, 0.2) is 6.20 Å². The Morgan fingerprint density at radius 2 is 2.24 bits per heavy atom. The number of nitrogens with one attached hydrogen (secondary N) is 1. The van der Waals surface area contributed by atoms with Crippen molar-refractivity contribution in [2.45, 2.75) is 39.2 Å². The molecule has 0 bridgehead atoms. The van der Waals surface area contributed by atoms with Crippen LogP contribution in [0, 0.1) is 13.8 Å². The number of amides is 1. The topological polar surface area (TPSA) is 69.0 Å². The van der Waals surface area contributed by atoms with E-state index in [1.165, 1.54) is 17.8 Å². The Hall–Kier alpha value is -1.89. The minimum atomic E-state index is -0.162. The lowest BCUT2D eigenvalue weighted by molar-refractivity contribution is 0.102. The van der Waals surface area contributed by atoms with Crippen LogP contribution in [-0.4, -0.2) is 26.8 Å². The van der Waals surface area contributed by atoms with Gasteiger partial charge in [-0.1, -0.05) is 0 Å². The zero-order chi connectivity index (χ0) is 15.0. The third-order valence-corrected chi connectivity index (χ3v) is 4.55. The van der Waals surface area contributed by atoms with E-state index in [9.17, 15) is 4.79 Å². The number of rotatable bonds is 4. The minimum Gasteiger partial charge on any atom is -0.472 e. The molecular formula is C14H18N4O2S. The SMILES string of the molecule is Cc1nc(C)c(C(=O)Nc2cn(C)nc2OC2CCC2)s1. The average Bonchev–Trinajstić information content (AvgIpc) is 2.87. The third-order valence-electron chi connectivity index (χ3n) is 3.48. The van der Waals surface area contributed by atoms with Gasteiger partial charge >= 0.3 is 0 Å². The Balaban J connectivity index is 1.77. The van der Waals surface area contributed by atoms with Gasteiger partial charge in [-0.15, -0.1) is 16.4 Å². The average molecular weight is 306 g/mol.